The van der Waals surface area contributed by atoms with Crippen LogP contribution in [-0.2, 0) is 0 Å². The van der Waals surface area contributed by atoms with E-state index in [0.29, 0.717) is 12.0 Å². The maximum Gasteiger partial charge on any atom is 0.221 e. The van der Waals surface area contributed by atoms with Crippen molar-refractivity contribution >= 4 is 11.8 Å². The summed E-state index contributed by atoms with van der Waals surface area (Å²) in [4.78, 5) is 7.97. The molecular formula is C12H22N4. The molecule has 0 aliphatic rings. The van der Waals surface area contributed by atoms with Crippen molar-refractivity contribution in [3.63, 3.8) is 0 Å². The summed E-state index contributed by atoms with van der Waals surface area (Å²) in [7, 11) is 0. The molecular weight excluding hydrogens is 200 g/mol. The van der Waals surface area contributed by atoms with Gasteiger partial charge in [-0.25, -0.2) is 4.98 Å². The smallest absolute Gasteiger partial charge is 0.221 e. The zero-order chi connectivity index (χ0) is 12.0. The van der Waals surface area contributed by atoms with Crippen molar-refractivity contribution in [2.45, 2.75) is 46.1 Å². The summed E-state index contributed by atoms with van der Waals surface area (Å²) in [5.74, 6) is 1.91. The van der Waals surface area contributed by atoms with Crippen molar-refractivity contribution in [1.29, 1.82) is 0 Å². The fourth-order valence-corrected chi connectivity index (χ4v) is 1.61. The predicted octanol–water partition coefficient (Wildman–Crippen LogP) is 2.69. The van der Waals surface area contributed by atoms with Gasteiger partial charge in [0.1, 0.15) is 5.82 Å². The fraction of sp³-hybridized carbons (Fsp3) is 0.667. The van der Waals surface area contributed by atoms with E-state index in [2.05, 4.69) is 36.1 Å². The summed E-state index contributed by atoms with van der Waals surface area (Å²) >= 11 is 0. The SMILES string of the molecule is CC(C)CCCC(C)Nc1ccnc(N)n1. The van der Waals surface area contributed by atoms with Crippen LogP contribution in [0.4, 0.5) is 11.8 Å². The predicted molar refractivity (Wildman–Crippen MR) is 68.2 cm³/mol. The van der Waals surface area contributed by atoms with E-state index in [4.69, 9.17) is 5.73 Å². The molecule has 1 unspecified atom stereocenters. The Bertz CT molecular complexity index is 312. The number of hydrogen-bond donors (Lipinski definition) is 2. The molecule has 16 heavy (non-hydrogen) atoms. The lowest BCUT2D eigenvalue weighted by Crippen LogP contribution is -2.16. The molecule has 1 atom stereocenters. The second-order valence-electron chi connectivity index (χ2n) is 4.67. The van der Waals surface area contributed by atoms with Gasteiger partial charge in [0.05, 0.1) is 0 Å². The molecule has 0 spiro atoms. The minimum Gasteiger partial charge on any atom is -0.368 e. The number of nitrogens with zero attached hydrogens (tertiary/aromatic N) is 2. The lowest BCUT2D eigenvalue weighted by molar-refractivity contribution is 0.520. The van der Waals surface area contributed by atoms with Crippen LogP contribution in [0.2, 0.25) is 0 Å². The van der Waals surface area contributed by atoms with Crippen molar-refractivity contribution < 1.29 is 0 Å². The zero-order valence-corrected chi connectivity index (χ0v) is 10.4. The van der Waals surface area contributed by atoms with E-state index >= 15 is 0 Å². The molecule has 1 aromatic heterocycles. The van der Waals surface area contributed by atoms with Crippen molar-refractivity contribution in [3.8, 4) is 0 Å². The third kappa shape index (κ3) is 4.96. The largest absolute Gasteiger partial charge is 0.368 e. The fourth-order valence-electron chi connectivity index (χ4n) is 1.61. The summed E-state index contributed by atoms with van der Waals surface area (Å²) < 4.78 is 0. The van der Waals surface area contributed by atoms with Gasteiger partial charge in [-0.3, -0.25) is 0 Å². The summed E-state index contributed by atoms with van der Waals surface area (Å²) in [6.45, 7) is 6.67. The number of hydrogen-bond acceptors (Lipinski definition) is 4. The van der Waals surface area contributed by atoms with Crippen molar-refractivity contribution in [2.75, 3.05) is 11.1 Å². The van der Waals surface area contributed by atoms with Gasteiger partial charge in [0.15, 0.2) is 0 Å². The van der Waals surface area contributed by atoms with Crippen molar-refractivity contribution in [1.82, 2.24) is 9.97 Å². The average Bonchev–Trinajstić information content (AvgIpc) is 2.16. The number of nitrogens with one attached hydrogen (secondary N) is 1. The Hall–Kier alpha value is -1.32. The Labute approximate surface area is 97.7 Å². The van der Waals surface area contributed by atoms with E-state index in [1.165, 1.54) is 12.8 Å². The molecule has 1 aromatic rings. The van der Waals surface area contributed by atoms with Crippen LogP contribution >= 0.6 is 0 Å². The van der Waals surface area contributed by atoms with Gasteiger partial charge in [0.25, 0.3) is 0 Å². The Kier molecular flexibility index (Phi) is 5.02. The van der Waals surface area contributed by atoms with E-state index in [-0.39, 0.29) is 0 Å². The van der Waals surface area contributed by atoms with Gasteiger partial charge in [-0.2, -0.15) is 4.98 Å². The van der Waals surface area contributed by atoms with Gasteiger partial charge in [-0.15, -0.1) is 0 Å². The highest BCUT2D eigenvalue weighted by Crippen LogP contribution is 2.11. The minimum atomic E-state index is 0.319. The third-order valence-electron chi connectivity index (χ3n) is 2.49. The van der Waals surface area contributed by atoms with Crippen LogP contribution in [0.3, 0.4) is 0 Å². The lowest BCUT2D eigenvalue weighted by Gasteiger charge is -2.14. The van der Waals surface area contributed by atoms with Crippen molar-refractivity contribution in [3.05, 3.63) is 12.3 Å². The van der Waals surface area contributed by atoms with Gasteiger partial charge in [0.2, 0.25) is 5.95 Å². The molecule has 0 saturated carbocycles. The quantitative estimate of drug-likeness (QED) is 0.776. The third-order valence-corrected chi connectivity index (χ3v) is 2.49. The molecule has 0 aliphatic heterocycles. The first-order valence-electron chi connectivity index (χ1n) is 5.93. The van der Waals surface area contributed by atoms with E-state index in [9.17, 15) is 0 Å². The number of rotatable bonds is 6. The van der Waals surface area contributed by atoms with Crippen LogP contribution < -0.4 is 11.1 Å². The number of aromatic nitrogens is 2. The Balaban J connectivity index is 2.31. The van der Waals surface area contributed by atoms with Crippen LogP contribution in [0.25, 0.3) is 0 Å². The molecule has 1 rings (SSSR count). The van der Waals surface area contributed by atoms with Crippen molar-refractivity contribution in [2.24, 2.45) is 5.92 Å². The maximum absolute atomic E-state index is 5.51. The monoisotopic (exact) mass is 222 g/mol. The minimum absolute atomic E-state index is 0.319. The summed E-state index contributed by atoms with van der Waals surface area (Å²) in [5.41, 5.74) is 5.51. The molecule has 0 aromatic carbocycles. The number of nitrogen functional groups attached to an aromatic ring is 1. The molecule has 0 bridgehead atoms. The normalized spacial score (nSPS) is 12.8. The van der Waals surface area contributed by atoms with Crippen LogP contribution in [0, 0.1) is 5.92 Å². The zero-order valence-electron chi connectivity index (χ0n) is 10.4. The van der Waals surface area contributed by atoms with Gasteiger partial charge in [-0.05, 0) is 25.3 Å². The van der Waals surface area contributed by atoms with E-state index in [0.717, 1.165) is 18.2 Å². The number of nitrogens with two attached hydrogens (primary N) is 1. The number of anilines is 2. The molecule has 4 nitrogen and oxygen atoms in total. The summed E-state index contributed by atoms with van der Waals surface area (Å²) in [6, 6.07) is 2.27. The first kappa shape index (κ1) is 12.7. The Morgan fingerprint density at radius 3 is 2.69 bits per heavy atom. The molecule has 3 N–H and O–H groups in total. The molecule has 0 saturated heterocycles. The highest BCUT2D eigenvalue weighted by Gasteiger charge is 2.04. The molecule has 1 heterocycles. The highest BCUT2D eigenvalue weighted by molar-refractivity contribution is 5.37. The second kappa shape index (κ2) is 6.30. The lowest BCUT2D eigenvalue weighted by atomic mass is 10.0. The average molecular weight is 222 g/mol. The first-order valence-corrected chi connectivity index (χ1v) is 5.93. The molecule has 0 fully saturated rings. The van der Waals surface area contributed by atoms with Crippen LogP contribution in [0.5, 0.6) is 0 Å². The topological polar surface area (TPSA) is 63.8 Å². The molecule has 4 heteroatoms. The van der Waals surface area contributed by atoms with Crippen LogP contribution in [0.1, 0.15) is 40.0 Å². The van der Waals surface area contributed by atoms with E-state index in [1.54, 1.807) is 6.20 Å². The van der Waals surface area contributed by atoms with Gasteiger partial charge in [-0.1, -0.05) is 26.7 Å². The summed E-state index contributed by atoms with van der Waals surface area (Å²) in [6.07, 6.45) is 5.35. The second-order valence-corrected chi connectivity index (χ2v) is 4.67. The van der Waals surface area contributed by atoms with E-state index in [1.807, 2.05) is 6.07 Å². The van der Waals surface area contributed by atoms with Crippen LogP contribution in [-0.4, -0.2) is 16.0 Å². The van der Waals surface area contributed by atoms with E-state index < -0.39 is 0 Å². The Morgan fingerprint density at radius 1 is 1.31 bits per heavy atom. The summed E-state index contributed by atoms with van der Waals surface area (Å²) in [5, 5.41) is 3.33. The molecule has 0 radical (unpaired) electrons. The van der Waals surface area contributed by atoms with Gasteiger partial charge in [0, 0.05) is 12.2 Å². The standard InChI is InChI=1S/C12H22N4/c1-9(2)5-4-6-10(3)15-11-7-8-14-12(13)16-11/h7-10H,4-6H2,1-3H3,(H3,13,14,15,16). The van der Waals surface area contributed by atoms with Crippen LogP contribution in [0.15, 0.2) is 12.3 Å². The maximum atomic E-state index is 5.51. The first-order chi connectivity index (χ1) is 7.58. The Morgan fingerprint density at radius 2 is 2.06 bits per heavy atom. The molecule has 0 amide bonds. The van der Waals surface area contributed by atoms with Gasteiger partial charge >= 0.3 is 0 Å². The van der Waals surface area contributed by atoms with Gasteiger partial charge < -0.3 is 11.1 Å². The molecule has 90 valence electrons. The molecule has 0 aliphatic carbocycles. The highest BCUT2D eigenvalue weighted by atomic mass is 15.1.